The van der Waals surface area contributed by atoms with Gasteiger partial charge in [-0.05, 0) is 12.1 Å². The van der Waals surface area contributed by atoms with Crippen molar-refractivity contribution in [3.63, 3.8) is 0 Å². The van der Waals surface area contributed by atoms with Crippen LogP contribution in [0.4, 0.5) is 5.69 Å². The Kier molecular flexibility index (Phi) is 3.03. The molecule has 3 heteroatoms. The summed E-state index contributed by atoms with van der Waals surface area (Å²) >= 11 is 0. The Balaban J connectivity index is 3.12. The van der Waals surface area contributed by atoms with E-state index >= 15 is 0 Å². The lowest BCUT2D eigenvalue weighted by atomic mass is 10.1. The molecule has 0 atom stereocenters. The van der Waals surface area contributed by atoms with Crippen molar-refractivity contribution >= 4 is 11.5 Å². The average molecular weight is 178 g/mol. The lowest BCUT2D eigenvalue weighted by Gasteiger charge is -2.15. The number of nitrogens with zero attached hydrogens (tertiary/aromatic N) is 1. The van der Waals surface area contributed by atoms with E-state index in [0.29, 0.717) is 5.56 Å². The molecule has 0 saturated heterocycles. The minimum absolute atomic E-state index is 0.0238. The van der Waals surface area contributed by atoms with Crippen LogP contribution >= 0.6 is 0 Å². The van der Waals surface area contributed by atoms with Crippen molar-refractivity contribution in [2.24, 2.45) is 5.73 Å². The Hall–Kier alpha value is -1.35. The van der Waals surface area contributed by atoms with Crippen LogP contribution in [-0.2, 0) is 0 Å². The van der Waals surface area contributed by atoms with Gasteiger partial charge in [0, 0.05) is 25.3 Å². The topological polar surface area (TPSA) is 46.3 Å². The van der Waals surface area contributed by atoms with Gasteiger partial charge in [0.25, 0.3) is 0 Å². The number of nitrogens with two attached hydrogens (primary N) is 1. The summed E-state index contributed by atoms with van der Waals surface area (Å²) in [5, 5.41) is 0. The highest BCUT2D eigenvalue weighted by molar-refractivity contribution is 6.02. The summed E-state index contributed by atoms with van der Waals surface area (Å²) in [5.41, 5.74) is 6.91. The third kappa shape index (κ3) is 2.06. The van der Waals surface area contributed by atoms with Crippen molar-refractivity contribution in [2.45, 2.75) is 0 Å². The molecule has 0 aliphatic heterocycles. The molecular formula is C10H14N2O. The number of carbonyl (C=O) groups excluding carboxylic acids is 1. The molecule has 1 aromatic carbocycles. The highest BCUT2D eigenvalue weighted by Gasteiger charge is 2.09. The molecule has 0 aliphatic rings. The summed E-state index contributed by atoms with van der Waals surface area (Å²) in [7, 11) is 3.81. The van der Waals surface area contributed by atoms with Crippen LogP contribution in [0, 0.1) is 0 Å². The summed E-state index contributed by atoms with van der Waals surface area (Å²) in [5.74, 6) is -0.0238. The van der Waals surface area contributed by atoms with Crippen LogP contribution in [0.25, 0.3) is 0 Å². The maximum absolute atomic E-state index is 11.4. The molecule has 0 spiro atoms. The summed E-state index contributed by atoms with van der Waals surface area (Å²) in [6.07, 6.45) is 0. The van der Waals surface area contributed by atoms with Gasteiger partial charge in [0.1, 0.15) is 0 Å². The first kappa shape index (κ1) is 9.74. The van der Waals surface area contributed by atoms with Crippen molar-refractivity contribution in [3.05, 3.63) is 29.8 Å². The normalized spacial score (nSPS) is 9.77. The highest BCUT2D eigenvalue weighted by Crippen LogP contribution is 2.17. The number of anilines is 1. The molecule has 0 fully saturated rings. The van der Waals surface area contributed by atoms with Crippen LogP contribution in [-0.4, -0.2) is 26.4 Å². The van der Waals surface area contributed by atoms with E-state index in [4.69, 9.17) is 5.73 Å². The maximum Gasteiger partial charge on any atom is 0.178 e. The maximum atomic E-state index is 11.4. The van der Waals surface area contributed by atoms with Gasteiger partial charge in [-0.25, -0.2) is 0 Å². The molecule has 2 N–H and O–H groups in total. The van der Waals surface area contributed by atoms with Gasteiger partial charge in [-0.2, -0.15) is 0 Å². The summed E-state index contributed by atoms with van der Waals surface area (Å²) < 4.78 is 0. The molecule has 0 saturated carbocycles. The standard InChI is InChI=1S/C10H14N2O/c1-12(2)9-6-4-3-5-8(9)10(13)7-11/h3-6H,7,11H2,1-2H3. The fourth-order valence-corrected chi connectivity index (χ4v) is 1.21. The summed E-state index contributed by atoms with van der Waals surface area (Å²) in [6, 6.07) is 7.45. The Morgan fingerprint density at radius 2 is 2.00 bits per heavy atom. The average Bonchev–Trinajstić information content (AvgIpc) is 2.16. The number of ketones is 1. The monoisotopic (exact) mass is 178 g/mol. The highest BCUT2D eigenvalue weighted by atomic mass is 16.1. The van der Waals surface area contributed by atoms with E-state index in [1.54, 1.807) is 6.07 Å². The largest absolute Gasteiger partial charge is 0.377 e. The van der Waals surface area contributed by atoms with E-state index in [1.807, 2.05) is 37.2 Å². The first-order chi connectivity index (χ1) is 6.16. The molecular weight excluding hydrogens is 164 g/mol. The van der Waals surface area contributed by atoms with Gasteiger partial charge in [-0.15, -0.1) is 0 Å². The van der Waals surface area contributed by atoms with Gasteiger partial charge in [-0.1, -0.05) is 12.1 Å². The lowest BCUT2D eigenvalue weighted by Crippen LogP contribution is -2.18. The molecule has 0 heterocycles. The van der Waals surface area contributed by atoms with Crippen molar-refractivity contribution in [2.75, 3.05) is 25.5 Å². The Labute approximate surface area is 78.2 Å². The number of benzene rings is 1. The van der Waals surface area contributed by atoms with Crippen LogP contribution in [0.2, 0.25) is 0 Å². The minimum atomic E-state index is -0.0238. The van der Waals surface area contributed by atoms with Crippen molar-refractivity contribution < 1.29 is 4.79 Å². The summed E-state index contributed by atoms with van der Waals surface area (Å²) in [6.45, 7) is 0.0604. The predicted molar refractivity (Wildman–Crippen MR) is 54.2 cm³/mol. The zero-order valence-electron chi connectivity index (χ0n) is 7.95. The molecule has 0 unspecified atom stereocenters. The van der Waals surface area contributed by atoms with Crippen LogP contribution in [0.3, 0.4) is 0 Å². The zero-order valence-corrected chi connectivity index (χ0v) is 7.95. The Morgan fingerprint density at radius 1 is 1.38 bits per heavy atom. The van der Waals surface area contributed by atoms with E-state index in [-0.39, 0.29) is 12.3 Å². The van der Waals surface area contributed by atoms with E-state index in [2.05, 4.69) is 0 Å². The van der Waals surface area contributed by atoms with Gasteiger partial charge >= 0.3 is 0 Å². The number of carbonyl (C=O) groups is 1. The third-order valence-electron chi connectivity index (χ3n) is 1.87. The lowest BCUT2D eigenvalue weighted by molar-refractivity contribution is 0.100. The SMILES string of the molecule is CN(C)c1ccccc1C(=O)CN. The fourth-order valence-electron chi connectivity index (χ4n) is 1.21. The first-order valence-electron chi connectivity index (χ1n) is 4.16. The molecule has 13 heavy (non-hydrogen) atoms. The fraction of sp³-hybridized carbons (Fsp3) is 0.300. The van der Waals surface area contributed by atoms with E-state index in [0.717, 1.165) is 5.69 Å². The molecule has 3 nitrogen and oxygen atoms in total. The molecule has 0 bridgehead atoms. The number of hydrogen-bond acceptors (Lipinski definition) is 3. The number of para-hydroxylation sites is 1. The molecule has 1 aromatic rings. The van der Waals surface area contributed by atoms with E-state index in [9.17, 15) is 4.79 Å². The van der Waals surface area contributed by atoms with Crippen molar-refractivity contribution in [3.8, 4) is 0 Å². The van der Waals surface area contributed by atoms with Gasteiger partial charge in [0.15, 0.2) is 5.78 Å². The zero-order chi connectivity index (χ0) is 9.84. The first-order valence-corrected chi connectivity index (χ1v) is 4.16. The molecule has 1 rings (SSSR count). The number of hydrogen-bond donors (Lipinski definition) is 1. The van der Waals surface area contributed by atoms with Crippen molar-refractivity contribution in [1.29, 1.82) is 0 Å². The van der Waals surface area contributed by atoms with Crippen LogP contribution < -0.4 is 10.6 Å². The molecule has 0 aliphatic carbocycles. The Bertz CT molecular complexity index is 308. The van der Waals surface area contributed by atoms with Crippen LogP contribution in [0.15, 0.2) is 24.3 Å². The van der Waals surface area contributed by atoms with E-state index in [1.165, 1.54) is 0 Å². The van der Waals surface area contributed by atoms with Crippen molar-refractivity contribution in [1.82, 2.24) is 0 Å². The third-order valence-corrected chi connectivity index (χ3v) is 1.87. The second-order valence-electron chi connectivity index (χ2n) is 3.04. The van der Waals surface area contributed by atoms with Gasteiger partial charge in [-0.3, -0.25) is 4.79 Å². The molecule has 0 aromatic heterocycles. The number of Topliss-reactive ketones (excluding diaryl/α,β-unsaturated/α-hetero) is 1. The smallest absolute Gasteiger partial charge is 0.178 e. The predicted octanol–water partition coefficient (Wildman–Crippen LogP) is 0.894. The second kappa shape index (κ2) is 4.05. The second-order valence-corrected chi connectivity index (χ2v) is 3.04. The summed E-state index contributed by atoms with van der Waals surface area (Å²) in [4.78, 5) is 13.3. The van der Waals surface area contributed by atoms with Gasteiger partial charge in [0.2, 0.25) is 0 Å². The Morgan fingerprint density at radius 3 is 2.54 bits per heavy atom. The molecule has 0 amide bonds. The van der Waals surface area contributed by atoms with Gasteiger partial charge in [0.05, 0.1) is 6.54 Å². The molecule has 0 radical (unpaired) electrons. The minimum Gasteiger partial charge on any atom is -0.377 e. The molecule has 70 valence electrons. The number of rotatable bonds is 3. The van der Waals surface area contributed by atoms with Crippen LogP contribution in [0.5, 0.6) is 0 Å². The van der Waals surface area contributed by atoms with E-state index < -0.39 is 0 Å². The van der Waals surface area contributed by atoms with Gasteiger partial charge < -0.3 is 10.6 Å². The van der Waals surface area contributed by atoms with Crippen LogP contribution in [0.1, 0.15) is 10.4 Å². The quantitative estimate of drug-likeness (QED) is 0.699.